The number of rotatable bonds is 11. The van der Waals surface area contributed by atoms with Gasteiger partial charge in [0.05, 0.1) is 7.11 Å². The number of carbonyl (C=O) groups is 1. The number of hydrogen-bond donors (Lipinski definition) is 1. The molecular formula is C34H43N3O3. The van der Waals surface area contributed by atoms with E-state index in [0.717, 1.165) is 52.0 Å². The monoisotopic (exact) mass is 541 g/mol. The molecule has 212 valence electrons. The fraction of sp³-hybridized carbons (Fsp3) is 0.441. The molecule has 3 aromatic rings. The van der Waals surface area contributed by atoms with Gasteiger partial charge >= 0.3 is 0 Å². The number of piperidine rings is 1. The lowest BCUT2D eigenvalue weighted by atomic mass is 9.90. The van der Waals surface area contributed by atoms with Crippen molar-refractivity contribution in [2.45, 2.75) is 50.7 Å². The average Bonchev–Trinajstić information content (AvgIpc) is 3.48. The maximum absolute atomic E-state index is 12.9. The number of nitrogens with zero attached hydrogens (tertiary/aromatic N) is 2. The van der Waals surface area contributed by atoms with E-state index in [-0.39, 0.29) is 12.0 Å². The van der Waals surface area contributed by atoms with Crippen molar-refractivity contribution in [2.24, 2.45) is 0 Å². The number of carbonyl (C=O) groups excluding carboxylic acids is 1. The van der Waals surface area contributed by atoms with Gasteiger partial charge in [-0.3, -0.25) is 9.69 Å². The molecule has 6 heteroatoms. The van der Waals surface area contributed by atoms with Crippen LogP contribution in [0.5, 0.6) is 11.5 Å². The highest BCUT2D eigenvalue weighted by molar-refractivity contribution is 5.94. The lowest BCUT2D eigenvalue weighted by molar-refractivity contribution is 0.0937. The average molecular weight is 542 g/mol. The number of amides is 1. The molecule has 0 bridgehead atoms. The minimum Gasteiger partial charge on any atom is -0.493 e. The molecule has 5 rings (SSSR count). The number of hydrogen-bond acceptors (Lipinski definition) is 5. The van der Waals surface area contributed by atoms with Gasteiger partial charge in [0.2, 0.25) is 0 Å². The van der Waals surface area contributed by atoms with E-state index in [4.69, 9.17) is 9.47 Å². The van der Waals surface area contributed by atoms with Gasteiger partial charge in [0.25, 0.3) is 5.91 Å². The third kappa shape index (κ3) is 7.04. The summed E-state index contributed by atoms with van der Waals surface area (Å²) in [6, 6.07) is 27.6. The molecule has 0 aliphatic carbocycles. The van der Waals surface area contributed by atoms with Crippen LogP contribution in [0, 0.1) is 0 Å². The Balaban J connectivity index is 1.15. The highest BCUT2D eigenvalue weighted by atomic mass is 16.5. The van der Waals surface area contributed by atoms with Crippen LogP contribution in [0.1, 0.15) is 60.0 Å². The van der Waals surface area contributed by atoms with Crippen molar-refractivity contribution in [3.63, 3.8) is 0 Å². The number of likely N-dealkylation sites (tertiary alicyclic amines) is 2. The highest BCUT2D eigenvalue weighted by Gasteiger charge is 2.26. The Hall–Kier alpha value is -3.35. The molecular weight excluding hydrogens is 498 g/mol. The fourth-order valence-corrected chi connectivity index (χ4v) is 6.18. The Labute approximate surface area is 239 Å². The van der Waals surface area contributed by atoms with Crippen molar-refractivity contribution in [3.8, 4) is 11.5 Å². The molecule has 2 fully saturated rings. The second-order valence-electron chi connectivity index (χ2n) is 11.0. The summed E-state index contributed by atoms with van der Waals surface area (Å²) in [4.78, 5) is 17.9. The second-order valence-corrected chi connectivity index (χ2v) is 11.0. The Morgan fingerprint density at radius 2 is 1.57 bits per heavy atom. The summed E-state index contributed by atoms with van der Waals surface area (Å²) in [6.45, 7) is 7.97. The molecule has 0 aromatic heterocycles. The summed E-state index contributed by atoms with van der Waals surface area (Å²) >= 11 is 0. The molecule has 6 nitrogen and oxygen atoms in total. The van der Waals surface area contributed by atoms with E-state index in [1.165, 1.54) is 17.5 Å². The lowest BCUT2D eigenvalue weighted by Gasteiger charge is -2.35. The van der Waals surface area contributed by atoms with E-state index in [1.807, 2.05) is 12.1 Å². The molecule has 2 heterocycles. The first-order valence-corrected chi connectivity index (χ1v) is 14.8. The van der Waals surface area contributed by atoms with E-state index in [1.54, 1.807) is 13.2 Å². The van der Waals surface area contributed by atoms with Gasteiger partial charge in [0.1, 0.15) is 6.10 Å². The van der Waals surface area contributed by atoms with Crippen LogP contribution in [0.15, 0.2) is 78.9 Å². The van der Waals surface area contributed by atoms with Crippen molar-refractivity contribution < 1.29 is 14.3 Å². The summed E-state index contributed by atoms with van der Waals surface area (Å²) in [5.41, 5.74) is 3.31. The first-order chi connectivity index (χ1) is 19.6. The Morgan fingerprint density at radius 1 is 0.900 bits per heavy atom. The zero-order valence-corrected chi connectivity index (χ0v) is 23.9. The summed E-state index contributed by atoms with van der Waals surface area (Å²) < 4.78 is 12.1. The summed E-state index contributed by atoms with van der Waals surface area (Å²) in [7, 11) is 1.64. The number of benzene rings is 3. The SMILES string of the molecule is CCN1CCCC1CNC(=O)c1ccc(OC2CCN(CC(c3ccccc3)c3ccccc3)CC2)c(OC)c1. The molecule has 1 atom stereocenters. The van der Waals surface area contributed by atoms with Gasteiger partial charge in [-0.2, -0.15) is 0 Å². The predicted octanol–water partition coefficient (Wildman–Crippen LogP) is 5.58. The van der Waals surface area contributed by atoms with E-state index in [9.17, 15) is 4.79 Å². The quantitative estimate of drug-likeness (QED) is 0.343. The zero-order chi connectivity index (χ0) is 27.7. The minimum absolute atomic E-state index is 0.0625. The van der Waals surface area contributed by atoms with Gasteiger partial charge < -0.3 is 19.7 Å². The normalized spacial score (nSPS) is 18.6. The van der Waals surface area contributed by atoms with Crippen molar-refractivity contribution in [1.29, 1.82) is 0 Å². The summed E-state index contributed by atoms with van der Waals surface area (Å²) in [6.07, 6.45) is 4.38. The van der Waals surface area contributed by atoms with Crippen LogP contribution in [0.3, 0.4) is 0 Å². The van der Waals surface area contributed by atoms with Gasteiger partial charge in [-0.1, -0.05) is 67.6 Å². The predicted molar refractivity (Wildman–Crippen MR) is 160 cm³/mol. The molecule has 2 aliphatic heterocycles. The Morgan fingerprint density at radius 3 is 2.20 bits per heavy atom. The van der Waals surface area contributed by atoms with Crippen LogP contribution >= 0.6 is 0 Å². The second kappa shape index (κ2) is 13.8. The molecule has 0 radical (unpaired) electrons. The van der Waals surface area contributed by atoms with Crippen LogP contribution in [0.4, 0.5) is 0 Å². The van der Waals surface area contributed by atoms with Crippen molar-refractivity contribution in [3.05, 3.63) is 95.6 Å². The van der Waals surface area contributed by atoms with Crippen LogP contribution in [-0.2, 0) is 0 Å². The van der Waals surface area contributed by atoms with Gasteiger partial charge in [0.15, 0.2) is 11.5 Å². The number of ether oxygens (including phenoxy) is 2. The molecule has 1 N–H and O–H groups in total. The fourth-order valence-electron chi connectivity index (χ4n) is 6.18. The zero-order valence-electron chi connectivity index (χ0n) is 23.9. The van der Waals surface area contributed by atoms with Gasteiger partial charge in [-0.15, -0.1) is 0 Å². The standard InChI is InChI=1S/C34H43N3O3/c1-3-37-20-10-15-29(37)24-35-34(38)28-16-17-32(33(23-28)39-2)40-30-18-21-36(22-19-30)25-31(26-11-6-4-7-12-26)27-13-8-5-9-14-27/h4-9,11-14,16-17,23,29-31H,3,10,15,18-22,24-25H2,1-2H3,(H,35,38). The maximum atomic E-state index is 12.9. The van der Waals surface area contributed by atoms with Crippen molar-refractivity contribution >= 4 is 5.91 Å². The number of nitrogens with one attached hydrogen (secondary N) is 1. The number of likely N-dealkylation sites (N-methyl/N-ethyl adjacent to an activating group) is 1. The molecule has 1 unspecified atom stereocenters. The molecule has 0 saturated carbocycles. The van der Waals surface area contributed by atoms with Crippen LogP contribution in [-0.4, -0.2) is 74.2 Å². The van der Waals surface area contributed by atoms with Gasteiger partial charge in [0, 0.05) is 43.7 Å². The molecule has 3 aromatic carbocycles. The Kier molecular flexibility index (Phi) is 9.74. The third-order valence-electron chi connectivity index (χ3n) is 8.50. The van der Waals surface area contributed by atoms with Gasteiger partial charge in [-0.05, 0) is 68.1 Å². The van der Waals surface area contributed by atoms with E-state index in [0.29, 0.717) is 35.6 Å². The third-order valence-corrected chi connectivity index (χ3v) is 8.50. The van der Waals surface area contributed by atoms with E-state index in [2.05, 4.69) is 82.7 Å². The molecule has 0 spiro atoms. The van der Waals surface area contributed by atoms with Crippen molar-refractivity contribution in [2.75, 3.05) is 46.4 Å². The largest absolute Gasteiger partial charge is 0.493 e. The molecule has 2 aliphatic rings. The smallest absolute Gasteiger partial charge is 0.251 e. The van der Waals surface area contributed by atoms with Crippen molar-refractivity contribution in [1.82, 2.24) is 15.1 Å². The van der Waals surface area contributed by atoms with E-state index < -0.39 is 0 Å². The number of methoxy groups -OCH3 is 1. The van der Waals surface area contributed by atoms with E-state index >= 15 is 0 Å². The molecule has 2 saturated heterocycles. The first-order valence-electron chi connectivity index (χ1n) is 14.8. The lowest BCUT2D eigenvalue weighted by Crippen LogP contribution is -2.40. The molecule has 40 heavy (non-hydrogen) atoms. The van der Waals surface area contributed by atoms with Crippen LogP contribution in [0.2, 0.25) is 0 Å². The topological polar surface area (TPSA) is 54.0 Å². The maximum Gasteiger partial charge on any atom is 0.251 e. The first kappa shape index (κ1) is 28.2. The summed E-state index contributed by atoms with van der Waals surface area (Å²) in [5.74, 6) is 1.60. The van der Waals surface area contributed by atoms with Gasteiger partial charge in [-0.25, -0.2) is 0 Å². The molecule has 1 amide bonds. The summed E-state index contributed by atoms with van der Waals surface area (Å²) in [5, 5.41) is 3.12. The minimum atomic E-state index is -0.0625. The van der Waals surface area contributed by atoms with Crippen LogP contribution in [0.25, 0.3) is 0 Å². The van der Waals surface area contributed by atoms with Crippen LogP contribution < -0.4 is 14.8 Å². The highest BCUT2D eigenvalue weighted by Crippen LogP contribution is 2.32. The Bertz CT molecular complexity index is 1170.